The smallest absolute Gasteiger partial charge is 0.253 e. The van der Waals surface area contributed by atoms with Gasteiger partial charge in [0.25, 0.3) is 1.68 Å². The molecule has 0 radical (unpaired) electrons. The molecule has 0 aliphatic carbocycles. The Morgan fingerprint density at radius 2 is 2.22 bits per heavy atom. The molecule has 2 aromatic rings. The Labute approximate surface area is 164 Å². The molecule has 0 saturated carbocycles. The average molecular weight is 558 g/mol. The zero-order valence-electron chi connectivity index (χ0n) is 12.3. The minimum Gasteiger partial charge on any atom is -0.328 e. The van der Waals surface area contributed by atoms with E-state index in [1.807, 2.05) is 13.8 Å². The van der Waals surface area contributed by atoms with Gasteiger partial charge in [0.1, 0.15) is 10.7 Å². The first-order valence-electron chi connectivity index (χ1n) is 6.46. The summed E-state index contributed by atoms with van der Waals surface area (Å²) in [7, 11) is 0. The highest BCUT2D eigenvalue weighted by Gasteiger charge is 2.29. The number of hydrogen-bond acceptors (Lipinski definition) is 6. The maximum absolute atomic E-state index is 14.4. The summed E-state index contributed by atoms with van der Waals surface area (Å²) in [4.78, 5) is 24.2. The van der Waals surface area contributed by atoms with Crippen LogP contribution in [-0.4, -0.2) is 40.6 Å². The van der Waals surface area contributed by atoms with E-state index in [-0.39, 0.29) is 11.7 Å². The summed E-state index contributed by atoms with van der Waals surface area (Å²) in [6, 6.07) is 0.0790. The van der Waals surface area contributed by atoms with Crippen molar-refractivity contribution in [1.82, 2.24) is 19.9 Å². The van der Waals surface area contributed by atoms with Crippen molar-refractivity contribution in [1.29, 1.82) is 0 Å². The van der Waals surface area contributed by atoms with Crippen LogP contribution in [0.1, 0.15) is 13.8 Å². The lowest BCUT2D eigenvalue weighted by Gasteiger charge is -2.14. The van der Waals surface area contributed by atoms with Crippen LogP contribution in [0.4, 0.5) is 4.39 Å². The number of rotatable bonds is 6. The molecule has 23 heavy (non-hydrogen) atoms. The normalized spacial score (nSPS) is 13.8. The first kappa shape index (κ1) is 18.7. The second-order valence-electron chi connectivity index (χ2n) is 4.63. The van der Waals surface area contributed by atoms with E-state index in [2.05, 4.69) is 36.6 Å². The molecule has 0 bridgehead atoms. The number of thioether (sulfide) groups is 1. The summed E-state index contributed by atoms with van der Waals surface area (Å²) in [5.74, 6) is 0. The van der Waals surface area contributed by atoms with Gasteiger partial charge in [0, 0.05) is 12.3 Å². The lowest BCUT2D eigenvalue weighted by molar-refractivity contribution is 0.500. The third kappa shape index (κ3) is 5.17. The second kappa shape index (κ2) is 7.96. The Hall–Kier alpha value is -0.630. The fourth-order valence-electron chi connectivity index (χ4n) is 1.53. The van der Waals surface area contributed by atoms with Crippen molar-refractivity contribution >= 4 is 81.2 Å². The lowest BCUT2D eigenvalue weighted by Crippen LogP contribution is -2.08. The van der Waals surface area contributed by atoms with Crippen LogP contribution in [-0.2, 0) is 0 Å². The summed E-state index contributed by atoms with van der Waals surface area (Å²) in [5.41, 5.74) is 1.29. The van der Waals surface area contributed by atoms with Crippen molar-refractivity contribution in [2.75, 3.05) is 0 Å². The summed E-state index contributed by atoms with van der Waals surface area (Å²) >= 11 is 4.57. The van der Waals surface area contributed by atoms with Gasteiger partial charge in [-0.25, -0.2) is 19.3 Å². The van der Waals surface area contributed by atoms with Crippen LogP contribution >= 0.6 is 56.9 Å². The van der Waals surface area contributed by atoms with E-state index in [1.54, 1.807) is 57.6 Å². The van der Waals surface area contributed by atoms with E-state index >= 15 is 0 Å². The maximum atomic E-state index is 14.4. The number of aliphatic imine (C=N–C) groups is 2. The number of imidazole rings is 1. The maximum Gasteiger partial charge on any atom is 0.253 e. The van der Waals surface area contributed by atoms with Crippen LogP contribution in [0, 0.1) is 0 Å². The SMILES string of the molecule is C=N/C(=C(\C=NC(C)C)Sc1cnc2nc[nH]c2n1)C(F)(I)I. The molecular weight excluding hydrogens is 545 g/mol. The number of nitrogens with one attached hydrogen (secondary N) is 1. The zero-order valence-corrected chi connectivity index (χ0v) is 17.4. The van der Waals surface area contributed by atoms with Crippen LogP contribution < -0.4 is 0 Å². The first-order valence-corrected chi connectivity index (χ1v) is 9.44. The predicted octanol–water partition coefficient (Wildman–Crippen LogP) is 4.33. The summed E-state index contributed by atoms with van der Waals surface area (Å²) < 4.78 is 12.7. The Bertz CT molecular complexity index is 765. The Morgan fingerprint density at radius 3 is 2.83 bits per heavy atom. The van der Waals surface area contributed by atoms with Gasteiger partial charge in [0.2, 0.25) is 0 Å². The average Bonchev–Trinajstić information content (AvgIpc) is 2.91. The highest BCUT2D eigenvalue weighted by atomic mass is 127. The molecule has 0 saturated heterocycles. The van der Waals surface area contributed by atoms with Crippen molar-refractivity contribution in [2.24, 2.45) is 9.98 Å². The number of alkyl halides is 3. The largest absolute Gasteiger partial charge is 0.328 e. The van der Waals surface area contributed by atoms with E-state index in [0.29, 0.717) is 21.2 Å². The van der Waals surface area contributed by atoms with Gasteiger partial charge >= 0.3 is 0 Å². The minimum atomic E-state index is -1.70. The number of aromatic nitrogens is 4. The summed E-state index contributed by atoms with van der Waals surface area (Å²) in [5, 5.41) is 0.588. The Balaban J connectivity index is 2.44. The van der Waals surface area contributed by atoms with Gasteiger partial charge in [-0.3, -0.25) is 9.98 Å². The molecule has 1 N–H and O–H groups in total. The number of nitrogens with zero attached hydrogens (tertiary/aromatic N) is 5. The van der Waals surface area contributed by atoms with Crippen molar-refractivity contribution in [3.63, 3.8) is 0 Å². The fourth-order valence-corrected chi connectivity index (χ4v) is 3.71. The van der Waals surface area contributed by atoms with E-state index in [9.17, 15) is 4.39 Å². The molecule has 0 atom stereocenters. The van der Waals surface area contributed by atoms with Crippen LogP contribution in [0.15, 0.2) is 38.1 Å². The summed E-state index contributed by atoms with van der Waals surface area (Å²) in [6.07, 6.45) is 4.71. The molecule has 2 rings (SSSR count). The van der Waals surface area contributed by atoms with Gasteiger partial charge in [-0.1, -0.05) is 11.8 Å². The number of H-pyrrole nitrogens is 1. The van der Waals surface area contributed by atoms with Crippen molar-refractivity contribution in [2.45, 2.75) is 26.6 Å². The monoisotopic (exact) mass is 558 g/mol. The molecule has 0 spiro atoms. The molecule has 0 aliphatic rings. The standard InChI is InChI=1S/C13H13FI2N6S/c1-7(2)18-4-8(10(17-3)13(14,15)16)23-9-5-19-11-12(22-9)21-6-20-11/h4-7H,3H2,1-2H3,(H,19,20,21,22)/b10-8+,18-4?. The van der Waals surface area contributed by atoms with Crippen LogP contribution in [0.5, 0.6) is 0 Å². The molecule has 2 aromatic heterocycles. The van der Waals surface area contributed by atoms with Gasteiger partial charge in [-0.15, -0.1) is 0 Å². The number of aromatic amines is 1. The zero-order chi connectivity index (χ0) is 17.0. The highest BCUT2D eigenvalue weighted by molar-refractivity contribution is 14.2. The molecule has 122 valence electrons. The van der Waals surface area contributed by atoms with E-state index in [1.165, 1.54) is 18.1 Å². The van der Waals surface area contributed by atoms with E-state index < -0.39 is 1.68 Å². The van der Waals surface area contributed by atoms with Crippen LogP contribution in [0.3, 0.4) is 0 Å². The first-order chi connectivity index (χ1) is 10.8. The van der Waals surface area contributed by atoms with Crippen LogP contribution in [0.25, 0.3) is 11.3 Å². The highest BCUT2D eigenvalue weighted by Crippen LogP contribution is 2.42. The topological polar surface area (TPSA) is 79.2 Å². The number of halogens is 3. The molecule has 0 amide bonds. The van der Waals surface area contributed by atoms with Gasteiger partial charge in [-0.05, 0) is 65.7 Å². The summed E-state index contributed by atoms with van der Waals surface area (Å²) in [6.45, 7) is 7.35. The Kier molecular flexibility index (Phi) is 6.48. The second-order valence-corrected chi connectivity index (χ2v) is 10.7. The molecule has 0 aliphatic heterocycles. The number of fused-ring (bicyclic) bond motifs is 1. The van der Waals surface area contributed by atoms with Gasteiger partial charge in [0.15, 0.2) is 11.3 Å². The van der Waals surface area contributed by atoms with Crippen LogP contribution in [0.2, 0.25) is 0 Å². The molecule has 6 nitrogen and oxygen atoms in total. The molecule has 0 fully saturated rings. The number of hydrogen-bond donors (Lipinski definition) is 1. The van der Waals surface area contributed by atoms with Gasteiger partial charge < -0.3 is 4.98 Å². The minimum absolute atomic E-state index is 0.0790. The molecule has 0 unspecified atom stereocenters. The predicted molar refractivity (Wildman–Crippen MR) is 110 cm³/mol. The molecule has 10 heteroatoms. The third-order valence-corrected chi connectivity index (χ3v) is 4.43. The quantitative estimate of drug-likeness (QED) is 0.248. The van der Waals surface area contributed by atoms with Crippen molar-refractivity contribution in [3.05, 3.63) is 23.1 Å². The third-order valence-electron chi connectivity index (χ3n) is 2.48. The number of allylic oxidation sites excluding steroid dienone is 2. The van der Waals surface area contributed by atoms with E-state index in [0.717, 1.165) is 0 Å². The lowest BCUT2D eigenvalue weighted by atomic mass is 10.4. The van der Waals surface area contributed by atoms with Crippen molar-refractivity contribution < 1.29 is 4.39 Å². The van der Waals surface area contributed by atoms with Gasteiger partial charge in [0.05, 0.1) is 17.4 Å². The van der Waals surface area contributed by atoms with Gasteiger partial charge in [-0.2, -0.15) is 0 Å². The fraction of sp³-hybridized carbons (Fsp3) is 0.308. The molecular formula is C13H13FI2N6S. The van der Waals surface area contributed by atoms with E-state index in [4.69, 9.17) is 0 Å². The Morgan fingerprint density at radius 1 is 1.48 bits per heavy atom. The molecule has 2 heterocycles. The molecule has 0 aromatic carbocycles. The van der Waals surface area contributed by atoms with Crippen molar-refractivity contribution in [3.8, 4) is 0 Å².